The van der Waals surface area contributed by atoms with Crippen LogP contribution in [-0.2, 0) is 19.1 Å². The average molecular weight is 540 g/mol. The molecule has 37 heavy (non-hydrogen) atoms. The summed E-state index contributed by atoms with van der Waals surface area (Å²) in [5, 5.41) is 25.9. The molecule has 1 aromatic carbocycles. The molecule has 16 heteroatoms. The Morgan fingerprint density at radius 1 is 1.05 bits per heavy atom. The fourth-order valence-electron chi connectivity index (χ4n) is 3.41. The van der Waals surface area contributed by atoms with E-state index in [0.29, 0.717) is 12.8 Å². The number of unbranched alkanes of at least 4 members (excludes halogenated alkanes) is 2. The molecule has 0 radical (unpaired) electrons. The molecule has 1 saturated heterocycles. The third kappa shape index (κ3) is 7.72. The number of rotatable bonds is 12. The number of aliphatic hydroxyl groups is 2. The highest BCUT2D eigenvalue weighted by molar-refractivity contribution is 5.81. The first-order valence-electron chi connectivity index (χ1n) is 11.0. The molecule has 1 fully saturated rings. The van der Waals surface area contributed by atoms with Crippen molar-refractivity contribution < 1.29 is 56.0 Å². The van der Waals surface area contributed by atoms with Gasteiger partial charge in [0.2, 0.25) is 34.8 Å². The number of carbonyl (C=O) groups is 2. The van der Waals surface area contributed by atoms with Crippen LogP contribution in [0.3, 0.4) is 0 Å². The monoisotopic (exact) mass is 540 g/mol. The van der Waals surface area contributed by atoms with Crippen molar-refractivity contribution in [3.8, 4) is 5.75 Å². The summed E-state index contributed by atoms with van der Waals surface area (Å²) in [6.45, 7) is 2.60. The zero-order valence-corrected chi connectivity index (χ0v) is 19.7. The van der Waals surface area contributed by atoms with Gasteiger partial charge in [0, 0.05) is 17.9 Å². The summed E-state index contributed by atoms with van der Waals surface area (Å²) in [4.78, 5) is 26.8. The molecule has 0 saturated carbocycles. The third-order valence-electron chi connectivity index (χ3n) is 5.19. The number of halogens is 5. The van der Waals surface area contributed by atoms with Gasteiger partial charge in [-0.25, -0.2) is 13.2 Å². The van der Waals surface area contributed by atoms with Crippen LogP contribution in [0.4, 0.5) is 22.0 Å². The molecule has 0 unspecified atom stereocenters. The largest absolute Gasteiger partial charge is 0.420 e. The Hall–Kier alpha value is -3.04. The highest BCUT2D eigenvalue weighted by Crippen LogP contribution is 2.31. The molecule has 0 spiro atoms. The number of carbonyl (C=O) groups excluding carboxylic acids is 2. The lowest BCUT2D eigenvalue weighted by molar-refractivity contribution is -0.164. The molecule has 1 aromatic rings. The minimum Gasteiger partial charge on any atom is -0.420 e. The number of nitrogens with one attached hydrogen (secondary N) is 1. The van der Waals surface area contributed by atoms with Crippen molar-refractivity contribution in [1.82, 2.24) is 5.32 Å². The van der Waals surface area contributed by atoms with E-state index in [1.165, 1.54) is 13.8 Å². The highest BCUT2D eigenvalue weighted by Gasteiger charge is 2.49. The van der Waals surface area contributed by atoms with Crippen LogP contribution in [0.1, 0.15) is 39.5 Å². The summed E-state index contributed by atoms with van der Waals surface area (Å²) in [6, 6.07) is 0. The van der Waals surface area contributed by atoms with Gasteiger partial charge in [-0.05, 0) is 32.2 Å². The van der Waals surface area contributed by atoms with Crippen LogP contribution < -0.4 is 10.1 Å². The zero-order valence-electron chi connectivity index (χ0n) is 19.7. The van der Waals surface area contributed by atoms with Crippen LogP contribution in [0.5, 0.6) is 5.75 Å². The van der Waals surface area contributed by atoms with Gasteiger partial charge in [-0.3, -0.25) is 9.59 Å². The van der Waals surface area contributed by atoms with Crippen LogP contribution in [0.2, 0.25) is 0 Å². The SMILES string of the molecule is CC1(C)O[C@@H]([C@H](O)[C@H](O)CN=[N+]=[N-])[C@@H](C(=O)NCCCCCC(=O)Oc2c(F)c(F)c(F)c(F)c2F)O1. The lowest BCUT2D eigenvalue weighted by Gasteiger charge is -2.25. The molecule has 1 amide bonds. The maximum atomic E-state index is 13.6. The molecule has 206 valence electrons. The Morgan fingerprint density at radius 2 is 1.65 bits per heavy atom. The number of benzene rings is 1. The summed E-state index contributed by atoms with van der Waals surface area (Å²) in [5.41, 5.74) is 8.34. The number of ether oxygens (including phenoxy) is 3. The molecular formula is C21H25F5N4O7. The maximum Gasteiger partial charge on any atom is 0.311 e. The standard InChI is InChI=1S/C21H25F5N4O7/c1-21(2)36-18(16(33)9(31)8-29-30-27)19(37-21)20(34)28-7-5-3-4-6-10(32)35-17-14(25)12(23)11(22)13(24)15(17)26/h9,16,18-19,31,33H,3-8H2,1-2H3,(H,28,34)/t9-,16-,18+,19+/m1/s1. The highest BCUT2D eigenvalue weighted by atomic mass is 19.2. The van der Waals surface area contributed by atoms with E-state index >= 15 is 0 Å². The number of nitrogens with zero attached hydrogens (tertiary/aromatic N) is 3. The number of esters is 1. The van der Waals surface area contributed by atoms with Crippen molar-refractivity contribution in [3.05, 3.63) is 39.5 Å². The summed E-state index contributed by atoms with van der Waals surface area (Å²) in [7, 11) is 0. The first-order chi connectivity index (χ1) is 17.3. The Morgan fingerprint density at radius 3 is 2.24 bits per heavy atom. The first kappa shape index (κ1) is 30.2. The van der Waals surface area contributed by atoms with Crippen LogP contribution in [0.25, 0.3) is 10.4 Å². The number of azide groups is 1. The molecule has 0 aliphatic carbocycles. The predicted octanol–water partition coefficient (Wildman–Crippen LogP) is 2.52. The van der Waals surface area contributed by atoms with Crippen molar-refractivity contribution in [1.29, 1.82) is 0 Å². The summed E-state index contributed by atoms with van der Waals surface area (Å²) in [6.07, 6.45) is -5.38. The molecule has 1 aliphatic rings. The lowest BCUT2D eigenvalue weighted by Crippen LogP contribution is -2.50. The molecule has 4 atom stereocenters. The molecule has 2 rings (SSSR count). The maximum absolute atomic E-state index is 13.6. The normalized spacial score (nSPS) is 20.1. The van der Waals surface area contributed by atoms with E-state index < -0.39 is 89.9 Å². The second-order valence-corrected chi connectivity index (χ2v) is 8.47. The van der Waals surface area contributed by atoms with Gasteiger partial charge in [0.15, 0.2) is 11.9 Å². The van der Waals surface area contributed by atoms with Crippen LogP contribution in [0.15, 0.2) is 5.11 Å². The fourth-order valence-corrected chi connectivity index (χ4v) is 3.41. The molecule has 0 bridgehead atoms. The Kier molecular flexibility index (Phi) is 10.6. The van der Waals surface area contributed by atoms with Gasteiger partial charge in [-0.2, -0.15) is 8.78 Å². The molecule has 0 aromatic heterocycles. The Balaban J connectivity index is 1.80. The molecule has 1 aliphatic heterocycles. The first-order valence-corrected chi connectivity index (χ1v) is 11.0. The predicted molar refractivity (Wildman–Crippen MR) is 113 cm³/mol. The molecule has 3 N–H and O–H groups in total. The number of aliphatic hydroxyl groups excluding tert-OH is 2. The summed E-state index contributed by atoms with van der Waals surface area (Å²) >= 11 is 0. The van der Waals surface area contributed by atoms with Gasteiger partial charge >= 0.3 is 5.97 Å². The molecule has 11 nitrogen and oxygen atoms in total. The molecular weight excluding hydrogens is 515 g/mol. The van der Waals surface area contributed by atoms with E-state index in [9.17, 15) is 41.8 Å². The Bertz CT molecular complexity index is 1030. The van der Waals surface area contributed by atoms with Crippen molar-refractivity contribution in [2.45, 2.75) is 69.7 Å². The van der Waals surface area contributed by atoms with Crippen molar-refractivity contribution in [3.63, 3.8) is 0 Å². The summed E-state index contributed by atoms with van der Waals surface area (Å²) < 4.78 is 81.8. The van der Waals surface area contributed by atoms with Crippen LogP contribution in [-0.4, -0.2) is 65.4 Å². The fraction of sp³-hybridized carbons (Fsp3) is 0.619. The van der Waals surface area contributed by atoms with Crippen molar-refractivity contribution in [2.75, 3.05) is 13.1 Å². The van der Waals surface area contributed by atoms with Gasteiger partial charge < -0.3 is 29.7 Å². The topological polar surface area (TPSA) is 163 Å². The average Bonchev–Trinajstić information content (AvgIpc) is 3.19. The van der Waals surface area contributed by atoms with E-state index in [4.69, 9.17) is 15.0 Å². The van der Waals surface area contributed by atoms with Gasteiger partial charge in [-0.1, -0.05) is 11.5 Å². The van der Waals surface area contributed by atoms with Gasteiger partial charge in [0.25, 0.3) is 5.91 Å². The second-order valence-electron chi connectivity index (χ2n) is 8.47. The quantitative estimate of drug-likeness (QED) is 0.0422. The lowest BCUT2D eigenvalue weighted by atomic mass is 10.0. The molecule has 1 heterocycles. The number of hydrogen-bond donors (Lipinski definition) is 3. The van der Waals surface area contributed by atoms with E-state index in [1.807, 2.05) is 0 Å². The van der Waals surface area contributed by atoms with Gasteiger partial charge in [0.1, 0.15) is 12.2 Å². The minimum atomic E-state index is -2.37. The van der Waals surface area contributed by atoms with Gasteiger partial charge in [0.05, 0.1) is 12.6 Å². The van der Waals surface area contributed by atoms with E-state index in [-0.39, 0.29) is 13.0 Å². The smallest absolute Gasteiger partial charge is 0.311 e. The number of amides is 1. The van der Waals surface area contributed by atoms with E-state index in [0.717, 1.165) is 0 Å². The number of hydrogen-bond acceptors (Lipinski definition) is 8. The van der Waals surface area contributed by atoms with Crippen LogP contribution >= 0.6 is 0 Å². The van der Waals surface area contributed by atoms with Crippen molar-refractivity contribution in [2.24, 2.45) is 5.11 Å². The zero-order chi connectivity index (χ0) is 27.9. The minimum absolute atomic E-state index is 0.0793. The van der Waals surface area contributed by atoms with Crippen molar-refractivity contribution >= 4 is 11.9 Å². The van der Waals surface area contributed by atoms with E-state index in [1.54, 1.807) is 0 Å². The van der Waals surface area contributed by atoms with Gasteiger partial charge in [-0.15, -0.1) is 0 Å². The summed E-state index contributed by atoms with van der Waals surface area (Å²) in [5.74, 6) is -16.2. The van der Waals surface area contributed by atoms with E-state index in [2.05, 4.69) is 20.1 Å². The van der Waals surface area contributed by atoms with Crippen LogP contribution in [0, 0.1) is 29.1 Å². The third-order valence-corrected chi connectivity index (χ3v) is 5.19. The Labute approximate surface area is 207 Å². The second kappa shape index (κ2) is 13.0.